The van der Waals surface area contributed by atoms with Crippen LogP contribution < -0.4 is 15.5 Å². The number of hydrazone groups is 1. The van der Waals surface area contributed by atoms with E-state index in [2.05, 4.69) is 15.8 Å². The van der Waals surface area contributed by atoms with Gasteiger partial charge in [-0.1, -0.05) is 29.8 Å². The Bertz CT molecular complexity index is 1680. The maximum Gasteiger partial charge on any atom is 0.417 e. The summed E-state index contributed by atoms with van der Waals surface area (Å²) in [7, 11) is 0. The van der Waals surface area contributed by atoms with Crippen molar-refractivity contribution in [3.63, 3.8) is 0 Å². The summed E-state index contributed by atoms with van der Waals surface area (Å²) in [5.41, 5.74) is 2.27. The zero-order chi connectivity index (χ0) is 37.8. The van der Waals surface area contributed by atoms with Crippen molar-refractivity contribution in [2.75, 3.05) is 57.9 Å². The molecule has 12 nitrogen and oxygen atoms in total. The second-order valence-electron chi connectivity index (χ2n) is 12.6. The van der Waals surface area contributed by atoms with Crippen LogP contribution in [0.3, 0.4) is 0 Å². The fraction of sp³-hybridized carbons (Fsp3) is 0.417. The van der Waals surface area contributed by atoms with Gasteiger partial charge in [-0.25, -0.2) is 5.43 Å². The van der Waals surface area contributed by atoms with Gasteiger partial charge in [-0.15, -0.1) is 0 Å². The number of β-amino-alcohol motifs (C(OH)–C–C–N with tert-alkyl or cyclic N) is 1. The Morgan fingerprint density at radius 3 is 2.40 bits per heavy atom. The second kappa shape index (κ2) is 19.1. The molecule has 5 N–H and O–H groups in total. The third-order valence-corrected chi connectivity index (χ3v) is 8.14. The smallest absolute Gasteiger partial charge is 0.417 e. The fourth-order valence-corrected chi connectivity index (χ4v) is 5.74. The lowest BCUT2D eigenvalue weighted by Gasteiger charge is -2.28. The van der Waals surface area contributed by atoms with Crippen molar-refractivity contribution in [2.45, 2.75) is 44.9 Å². The summed E-state index contributed by atoms with van der Waals surface area (Å²) >= 11 is 5.70. The Kier molecular flexibility index (Phi) is 15.0. The minimum Gasteiger partial charge on any atom is -0.491 e. The van der Waals surface area contributed by atoms with Crippen LogP contribution in [0.25, 0.3) is 0 Å². The average Bonchev–Trinajstić information content (AvgIpc) is 3.08. The number of aliphatic hydroxyl groups excluding tert-OH is 3. The number of rotatable bonds is 16. The number of ether oxygens (including phenoxy) is 2. The number of hydrogen-bond donors (Lipinski definition) is 5. The van der Waals surface area contributed by atoms with Gasteiger partial charge in [-0.2, -0.15) is 18.3 Å². The van der Waals surface area contributed by atoms with Gasteiger partial charge in [0.05, 0.1) is 53.5 Å². The molecular formula is C36H43ClF3N5O7. The zero-order valence-electron chi connectivity index (χ0n) is 28.8. The van der Waals surface area contributed by atoms with E-state index in [1.165, 1.54) is 24.3 Å². The van der Waals surface area contributed by atoms with Gasteiger partial charge in [0.15, 0.2) is 0 Å². The molecule has 1 fully saturated rings. The Morgan fingerprint density at radius 1 is 1.02 bits per heavy atom. The lowest BCUT2D eigenvalue weighted by molar-refractivity contribution is -0.137. The first-order valence-corrected chi connectivity index (χ1v) is 17.0. The largest absolute Gasteiger partial charge is 0.491 e. The van der Waals surface area contributed by atoms with E-state index >= 15 is 0 Å². The molecule has 3 atom stereocenters. The summed E-state index contributed by atoms with van der Waals surface area (Å²) in [6, 6.07) is 14.2. The molecule has 0 aromatic heterocycles. The number of morpholine rings is 1. The van der Waals surface area contributed by atoms with Gasteiger partial charge in [0.25, 0.3) is 11.8 Å². The quantitative estimate of drug-likeness (QED) is 0.108. The molecule has 1 aliphatic rings. The molecule has 0 radical (unpaired) electrons. The number of nitrogens with one attached hydrogen (secondary N) is 2. The number of carbonyl (C=O) groups excluding carboxylic acids is 2. The van der Waals surface area contributed by atoms with E-state index in [1.54, 1.807) is 32.0 Å². The lowest BCUT2D eigenvalue weighted by atomic mass is 10.1. The fourth-order valence-electron chi connectivity index (χ4n) is 5.52. The first-order valence-electron chi connectivity index (χ1n) is 16.6. The topological polar surface area (TPSA) is 156 Å². The molecule has 282 valence electrons. The highest BCUT2D eigenvalue weighted by molar-refractivity contribution is 6.31. The van der Waals surface area contributed by atoms with E-state index in [1.807, 2.05) is 15.9 Å². The Balaban J connectivity index is 1.53. The van der Waals surface area contributed by atoms with Crippen molar-refractivity contribution in [1.82, 2.24) is 15.2 Å². The monoisotopic (exact) mass is 749 g/mol. The van der Waals surface area contributed by atoms with E-state index in [-0.39, 0.29) is 34.7 Å². The second-order valence-corrected chi connectivity index (χ2v) is 13.0. The van der Waals surface area contributed by atoms with Gasteiger partial charge in [0, 0.05) is 44.8 Å². The molecule has 0 spiro atoms. The molecule has 0 aliphatic carbocycles. The molecular weight excluding hydrogens is 707 g/mol. The minimum absolute atomic E-state index is 0.0252. The number of halogens is 4. The molecule has 4 rings (SSSR count). The molecule has 52 heavy (non-hydrogen) atoms. The SMILES string of the molecule is CC(O)CN(Cc1cccc(C(=O)Nc2ccc(OCC(O)CN3CCOCC3)cc2C(=O)NN=Cc2ccc(Cl)c(C(F)(F)F)c2)c1)CC(C)O. The summed E-state index contributed by atoms with van der Waals surface area (Å²) in [4.78, 5) is 30.8. The molecule has 1 saturated heterocycles. The van der Waals surface area contributed by atoms with E-state index < -0.39 is 46.9 Å². The van der Waals surface area contributed by atoms with E-state index in [9.17, 15) is 38.1 Å². The standard InChI is InChI=1S/C36H43ClF3N5O7/c1-23(46)18-45(19-24(2)47)20-26-4-3-5-27(14-26)34(49)42-33-9-7-29(52-22-28(48)21-44-10-12-51-13-11-44)16-30(33)35(50)43-41-17-25-6-8-32(37)31(15-25)36(38,39)40/h3-9,14-17,23-24,28,46-48H,10-13,18-22H2,1-2H3,(H,42,49)(H,43,50). The number of amides is 2. The average molecular weight is 750 g/mol. The van der Waals surface area contributed by atoms with Gasteiger partial charge in [-0.3, -0.25) is 19.4 Å². The molecule has 0 bridgehead atoms. The number of carbonyl (C=O) groups is 2. The molecule has 3 unspecified atom stereocenters. The molecule has 1 aliphatic heterocycles. The van der Waals surface area contributed by atoms with Crippen molar-refractivity contribution in [3.05, 3.63) is 93.5 Å². The minimum atomic E-state index is -4.69. The highest BCUT2D eigenvalue weighted by atomic mass is 35.5. The number of nitrogens with zero attached hydrogens (tertiary/aromatic N) is 3. The van der Waals surface area contributed by atoms with Gasteiger partial charge < -0.3 is 30.1 Å². The Labute approximate surface area is 304 Å². The van der Waals surface area contributed by atoms with Gasteiger partial charge in [0.1, 0.15) is 18.5 Å². The lowest BCUT2D eigenvalue weighted by Crippen LogP contribution is -2.42. The Morgan fingerprint density at radius 2 is 1.73 bits per heavy atom. The number of hydrogen-bond acceptors (Lipinski definition) is 10. The van der Waals surface area contributed by atoms with E-state index in [0.717, 1.165) is 23.9 Å². The maximum atomic E-state index is 13.5. The van der Waals surface area contributed by atoms with Crippen molar-refractivity contribution in [3.8, 4) is 5.75 Å². The predicted octanol–water partition coefficient (Wildman–Crippen LogP) is 4.01. The summed E-state index contributed by atoms with van der Waals surface area (Å²) in [5.74, 6) is -1.15. The Hall–Kier alpha value is -4.09. The third-order valence-electron chi connectivity index (χ3n) is 7.81. The van der Waals surface area contributed by atoms with E-state index in [0.29, 0.717) is 52.5 Å². The summed E-state index contributed by atoms with van der Waals surface area (Å²) in [5, 5.41) is 36.4. The van der Waals surface area contributed by atoms with Crippen molar-refractivity contribution < 1.29 is 47.6 Å². The van der Waals surface area contributed by atoms with Crippen LogP contribution in [0.5, 0.6) is 5.75 Å². The van der Waals surface area contributed by atoms with Gasteiger partial charge >= 0.3 is 6.18 Å². The molecule has 3 aromatic carbocycles. The van der Waals surface area contributed by atoms with Gasteiger partial charge in [-0.05, 0) is 67.4 Å². The van der Waals surface area contributed by atoms with Crippen LogP contribution in [0.2, 0.25) is 5.02 Å². The normalized spacial score (nSPS) is 15.7. The molecule has 16 heteroatoms. The first-order chi connectivity index (χ1) is 24.7. The van der Waals surface area contributed by atoms with Crippen LogP contribution in [0.1, 0.15) is 51.3 Å². The number of alkyl halides is 3. The predicted molar refractivity (Wildman–Crippen MR) is 190 cm³/mol. The van der Waals surface area contributed by atoms with Crippen LogP contribution >= 0.6 is 11.6 Å². The molecule has 0 saturated carbocycles. The maximum absolute atomic E-state index is 13.5. The van der Waals surface area contributed by atoms with Crippen LogP contribution in [-0.2, 0) is 17.5 Å². The first kappa shape index (κ1) is 40.7. The zero-order valence-corrected chi connectivity index (χ0v) is 29.5. The molecule has 2 amide bonds. The molecule has 3 aromatic rings. The number of benzene rings is 3. The van der Waals surface area contributed by atoms with Crippen molar-refractivity contribution in [2.24, 2.45) is 5.10 Å². The summed E-state index contributed by atoms with van der Waals surface area (Å²) in [6.07, 6.45) is -5.79. The van der Waals surface area contributed by atoms with Crippen LogP contribution in [0.15, 0.2) is 65.8 Å². The van der Waals surface area contributed by atoms with Crippen LogP contribution in [0, 0.1) is 0 Å². The highest BCUT2D eigenvalue weighted by Crippen LogP contribution is 2.35. The highest BCUT2D eigenvalue weighted by Gasteiger charge is 2.33. The number of aliphatic hydroxyl groups is 3. The van der Waals surface area contributed by atoms with Crippen LogP contribution in [0.4, 0.5) is 18.9 Å². The molecule has 1 heterocycles. The van der Waals surface area contributed by atoms with Crippen molar-refractivity contribution in [1.29, 1.82) is 0 Å². The summed E-state index contributed by atoms with van der Waals surface area (Å²) in [6.45, 7) is 7.00. The van der Waals surface area contributed by atoms with Gasteiger partial charge in [0.2, 0.25) is 0 Å². The third kappa shape index (κ3) is 12.8. The van der Waals surface area contributed by atoms with Crippen molar-refractivity contribution >= 4 is 35.3 Å². The summed E-state index contributed by atoms with van der Waals surface area (Å²) < 4.78 is 51.1. The van der Waals surface area contributed by atoms with Crippen LogP contribution in [-0.4, -0.2) is 114 Å². The van der Waals surface area contributed by atoms with E-state index in [4.69, 9.17) is 21.1 Å². The number of anilines is 1.